The number of rotatable bonds is 11. The van der Waals surface area contributed by atoms with Gasteiger partial charge in [-0.2, -0.15) is 0 Å². The molecule has 0 saturated carbocycles. The minimum atomic E-state index is -0.567. The largest absolute Gasteiger partial charge is 0.471 e. The zero-order valence-corrected chi connectivity index (χ0v) is 17.7. The van der Waals surface area contributed by atoms with Crippen molar-refractivity contribution in [2.24, 2.45) is 0 Å². The summed E-state index contributed by atoms with van der Waals surface area (Å²) in [4.78, 5) is 2.24. The molecule has 1 aromatic rings. The summed E-state index contributed by atoms with van der Waals surface area (Å²) in [5.74, 6) is 3.87. The van der Waals surface area contributed by atoms with Gasteiger partial charge in [0.1, 0.15) is 11.5 Å². The van der Waals surface area contributed by atoms with Crippen molar-refractivity contribution in [3.63, 3.8) is 0 Å². The molecule has 158 valence electrons. The highest BCUT2D eigenvalue weighted by Gasteiger charge is 2.28. The molecule has 0 saturated heterocycles. The predicted molar refractivity (Wildman–Crippen MR) is 114 cm³/mol. The van der Waals surface area contributed by atoms with Gasteiger partial charge in [-0.25, -0.2) is 0 Å². The van der Waals surface area contributed by atoms with Crippen LogP contribution in [0, 0.1) is 12.3 Å². The minimum absolute atomic E-state index is 0.556. The third-order valence-electron chi connectivity index (χ3n) is 5.06. The lowest BCUT2D eigenvalue weighted by atomic mass is 10.1. The summed E-state index contributed by atoms with van der Waals surface area (Å²) in [5, 5.41) is 0. The quantitative estimate of drug-likeness (QED) is 0.391. The van der Waals surface area contributed by atoms with E-state index in [0.29, 0.717) is 13.3 Å². The number of ether oxygens (including phenoxy) is 4. The van der Waals surface area contributed by atoms with Crippen LogP contribution in [-0.4, -0.2) is 37.2 Å². The molecular formula is C24H33NO4. The van der Waals surface area contributed by atoms with Crippen LogP contribution in [0.2, 0.25) is 0 Å². The second-order valence-electron chi connectivity index (χ2n) is 8.03. The Morgan fingerprint density at radius 1 is 1.14 bits per heavy atom. The van der Waals surface area contributed by atoms with Gasteiger partial charge in [-0.05, 0) is 37.5 Å². The fraction of sp³-hybridized carbons (Fsp3) is 0.583. The van der Waals surface area contributed by atoms with Crippen molar-refractivity contribution in [2.45, 2.75) is 64.8 Å². The smallest absolute Gasteiger partial charge is 0.205 e. The average Bonchev–Trinajstić information content (AvgIpc) is 3.17. The van der Waals surface area contributed by atoms with E-state index in [1.54, 1.807) is 0 Å². The van der Waals surface area contributed by atoms with Crippen LogP contribution in [0.5, 0.6) is 5.75 Å². The maximum absolute atomic E-state index is 5.90. The summed E-state index contributed by atoms with van der Waals surface area (Å²) in [7, 11) is 0. The lowest BCUT2D eigenvalue weighted by Crippen LogP contribution is -2.35. The zero-order chi connectivity index (χ0) is 20.5. The Hall–Kier alpha value is -2.16. The van der Waals surface area contributed by atoms with E-state index >= 15 is 0 Å². The number of hydrogen-bond donors (Lipinski definition) is 0. The maximum Gasteiger partial charge on any atom is 0.205 e. The summed E-state index contributed by atoms with van der Waals surface area (Å²) in [6.45, 7) is 7.66. The lowest BCUT2D eigenvalue weighted by molar-refractivity contribution is -0.180. The molecule has 0 aliphatic carbocycles. The fourth-order valence-corrected chi connectivity index (χ4v) is 3.42. The van der Waals surface area contributed by atoms with Crippen LogP contribution in [0.1, 0.15) is 63.5 Å². The van der Waals surface area contributed by atoms with Crippen LogP contribution in [0.4, 0.5) is 0 Å². The Bertz CT molecular complexity index is 735. The molecule has 1 aromatic carbocycles. The number of hydrogen-bond acceptors (Lipinski definition) is 5. The van der Waals surface area contributed by atoms with Gasteiger partial charge in [0.2, 0.25) is 5.79 Å². The van der Waals surface area contributed by atoms with Gasteiger partial charge in [0, 0.05) is 57.4 Å². The van der Waals surface area contributed by atoms with Crippen molar-refractivity contribution in [2.75, 3.05) is 26.5 Å². The fourth-order valence-electron chi connectivity index (χ4n) is 3.42. The van der Waals surface area contributed by atoms with Crippen molar-refractivity contribution in [1.82, 2.24) is 4.90 Å². The van der Waals surface area contributed by atoms with Crippen LogP contribution >= 0.6 is 0 Å². The van der Waals surface area contributed by atoms with Gasteiger partial charge in [0.25, 0.3) is 0 Å². The van der Waals surface area contributed by atoms with E-state index in [0.717, 1.165) is 68.1 Å². The first kappa shape index (κ1) is 21.5. The average molecular weight is 400 g/mol. The molecule has 0 aromatic heterocycles. The first-order valence-corrected chi connectivity index (χ1v) is 10.6. The third kappa shape index (κ3) is 6.69. The third-order valence-corrected chi connectivity index (χ3v) is 5.06. The summed E-state index contributed by atoms with van der Waals surface area (Å²) in [5.41, 5.74) is 2.13. The number of terminal acetylenes is 1. The van der Waals surface area contributed by atoms with Gasteiger partial charge in [-0.15, -0.1) is 12.3 Å². The van der Waals surface area contributed by atoms with Gasteiger partial charge >= 0.3 is 0 Å². The van der Waals surface area contributed by atoms with Crippen molar-refractivity contribution in [3.8, 4) is 18.1 Å². The molecule has 0 fully saturated rings. The van der Waals surface area contributed by atoms with Gasteiger partial charge in [0.15, 0.2) is 6.73 Å². The van der Waals surface area contributed by atoms with Crippen LogP contribution in [0.25, 0.3) is 5.76 Å². The maximum atomic E-state index is 5.90. The molecule has 5 nitrogen and oxygen atoms in total. The molecule has 0 radical (unpaired) electrons. The molecule has 0 atom stereocenters. The van der Waals surface area contributed by atoms with E-state index in [2.05, 4.69) is 29.2 Å². The van der Waals surface area contributed by atoms with E-state index in [1.807, 2.05) is 19.9 Å². The van der Waals surface area contributed by atoms with Gasteiger partial charge < -0.3 is 23.8 Å². The van der Waals surface area contributed by atoms with Crippen molar-refractivity contribution in [3.05, 3.63) is 35.5 Å². The Kier molecular flexibility index (Phi) is 7.85. The molecule has 3 rings (SSSR count). The van der Waals surface area contributed by atoms with Crippen LogP contribution < -0.4 is 4.74 Å². The van der Waals surface area contributed by atoms with E-state index in [4.69, 9.17) is 25.4 Å². The number of fused-ring (bicyclic) bond motifs is 1. The topological polar surface area (TPSA) is 40.2 Å². The Balaban J connectivity index is 1.35. The highest BCUT2D eigenvalue weighted by atomic mass is 16.7. The van der Waals surface area contributed by atoms with Crippen molar-refractivity contribution < 1.29 is 18.9 Å². The first-order chi connectivity index (χ1) is 14.1. The minimum Gasteiger partial charge on any atom is -0.471 e. The van der Waals surface area contributed by atoms with Gasteiger partial charge in [-0.3, -0.25) is 0 Å². The molecule has 0 N–H and O–H groups in total. The van der Waals surface area contributed by atoms with Crippen molar-refractivity contribution >= 4 is 5.76 Å². The lowest BCUT2D eigenvalue weighted by Gasteiger charge is -2.32. The SMILES string of the molecule is C#CCCCOCCCCCCN1C=C(c2ccc3c(c2)COC(C)(C)O3)OC1. The standard InChI is InChI=1S/C24H33NO4/c1-4-5-9-14-26-15-10-7-6-8-13-25-17-23(27-19-25)20-11-12-22-21(16-20)18-28-24(2,3)29-22/h1,11-12,16-17H,5-10,13-15,18-19H2,2-3H3. The van der Waals surface area contributed by atoms with Crippen LogP contribution in [-0.2, 0) is 20.8 Å². The van der Waals surface area contributed by atoms with Crippen molar-refractivity contribution in [1.29, 1.82) is 0 Å². The molecular weight excluding hydrogens is 366 g/mol. The van der Waals surface area contributed by atoms with E-state index in [1.165, 1.54) is 12.8 Å². The molecule has 2 aliphatic rings. The molecule has 0 spiro atoms. The molecule has 5 heteroatoms. The molecule has 0 bridgehead atoms. The van der Waals surface area contributed by atoms with E-state index < -0.39 is 5.79 Å². The Labute approximate surface area is 175 Å². The highest BCUT2D eigenvalue weighted by Crippen LogP contribution is 2.34. The molecule has 2 heterocycles. The molecule has 2 aliphatic heterocycles. The highest BCUT2D eigenvalue weighted by molar-refractivity contribution is 5.62. The van der Waals surface area contributed by atoms with Crippen LogP contribution in [0.3, 0.4) is 0 Å². The normalized spacial score (nSPS) is 17.1. The molecule has 0 amide bonds. The Morgan fingerprint density at radius 2 is 1.97 bits per heavy atom. The van der Waals surface area contributed by atoms with Gasteiger partial charge in [0.05, 0.1) is 6.61 Å². The van der Waals surface area contributed by atoms with E-state index in [-0.39, 0.29) is 0 Å². The monoisotopic (exact) mass is 399 g/mol. The van der Waals surface area contributed by atoms with Gasteiger partial charge in [-0.1, -0.05) is 12.8 Å². The molecule has 29 heavy (non-hydrogen) atoms. The summed E-state index contributed by atoms with van der Waals surface area (Å²) in [6.07, 6.45) is 13.8. The number of unbranched alkanes of at least 4 members (excludes halogenated alkanes) is 4. The summed E-state index contributed by atoms with van der Waals surface area (Å²) < 4.78 is 23.1. The molecule has 0 unspecified atom stereocenters. The second kappa shape index (κ2) is 10.6. The predicted octanol–water partition coefficient (Wildman–Crippen LogP) is 4.91. The second-order valence-corrected chi connectivity index (χ2v) is 8.03. The summed E-state index contributed by atoms with van der Waals surface area (Å²) >= 11 is 0. The summed E-state index contributed by atoms with van der Waals surface area (Å²) in [6, 6.07) is 6.17. The van der Waals surface area contributed by atoms with E-state index in [9.17, 15) is 0 Å². The number of benzene rings is 1. The zero-order valence-electron chi connectivity index (χ0n) is 17.7. The Morgan fingerprint density at radius 3 is 2.83 bits per heavy atom. The number of nitrogens with zero attached hydrogens (tertiary/aromatic N) is 1. The first-order valence-electron chi connectivity index (χ1n) is 10.6. The van der Waals surface area contributed by atoms with Crippen LogP contribution in [0.15, 0.2) is 24.4 Å².